The predicted molar refractivity (Wildman–Crippen MR) is 229 cm³/mol. The summed E-state index contributed by atoms with van der Waals surface area (Å²) in [5, 5.41) is 36.6. The number of rotatable bonds is 12. The molecule has 0 spiro atoms. The highest BCUT2D eigenvalue weighted by Crippen LogP contribution is 2.31. The summed E-state index contributed by atoms with van der Waals surface area (Å²) in [6.45, 7) is 5.81. The number of fused-ring (bicyclic) bond motifs is 1. The second kappa shape index (κ2) is 18.5. The first kappa shape index (κ1) is 44.7. The minimum Gasteiger partial charge on any atom is -0.477 e. The molecule has 21 nitrogen and oxygen atoms in total. The smallest absolute Gasteiger partial charge is 0.416 e. The normalized spacial score (nSPS) is 15.3. The van der Waals surface area contributed by atoms with Crippen LogP contribution >= 0.6 is 11.6 Å². The van der Waals surface area contributed by atoms with E-state index >= 15 is 0 Å². The minimum atomic E-state index is -1.51. The molecule has 2 fully saturated rings. The molecule has 2 aliphatic rings. The van der Waals surface area contributed by atoms with Crippen molar-refractivity contribution in [3.05, 3.63) is 89.3 Å². The van der Waals surface area contributed by atoms with Gasteiger partial charge in [0, 0.05) is 54.4 Å². The fraction of sp³-hybridized carbons (Fsp3) is 0.333. The molecule has 334 valence electrons. The number of tetrazole rings is 1. The molecule has 0 radical (unpaired) electrons. The molecule has 64 heavy (non-hydrogen) atoms. The van der Waals surface area contributed by atoms with Crippen LogP contribution in [0.25, 0.3) is 16.6 Å². The molecule has 4 N–H and O–H groups in total. The first-order chi connectivity index (χ1) is 30.4. The number of likely N-dealkylation sites (tertiary alicyclic amines) is 1. The van der Waals surface area contributed by atoms with Crippen molar-refractivity contribution in [2.24, 2.45) is 0 Å². The van der Waals surface area contributed by atoms with Crippen molar-refractivity contribution in [2.75, 3.05) is 48.3 Å². The Bertz CT molecular complexity index is 2620. The second-order valence-corrected chi connectivity index (χ2v) is 16.4. The van der Waals surface area contributed by atoms with E-state index < -0.39 is 53.1 Å². The number of nitrogens with zero attached hydrogens (tertiary/aromatic N) is 8. The van der Waals surface area contributed by atoms with Crippen molar-refractivity contribution in [1.29, 1.82) is 0 Å². The first-order valence-corrected chi connectivity index (χ1v) is 20.4. The van der Waals surface area contributed by atoms with Gasteiger partial charge in [-0.3, -0.25) is 14.4 Å². The summed E-state index contributed by atoms with van der Waals surface area (Å²) in [5.41, 5.74) is 0.775. The number of hydrogen-bond donors (Lipinski definition) is 4. The van der Waals surface area contributed by atoms with Gasteiger partial charge in [0.15, 0.2) is 0 Å². The number of carbonyl (C=O) groups is 7. The molecular formula is C42H43ClN10O11. The first-order valence-electron chi connectivity index (χ1n) is 20.0. The number of carboxylic acids is 1. The third-order valence-electron chi connectivity index (χ3n) is 10.5. The van der Waals surface area contributed by atoms with Gasteiger partial charge < -0.3 is 45.0 Å². The van der Waals surface area contributed by atoms with E-state index in [0.717, 1.165) is 11.0 Å². The molecule has 4 heterocycles. The van der Waals surface area contributed by atoms with Crippen LogP contribution in [0.4, 0.5) is 26.7 Å². The van der Waals surface area contributed by atoms with Gasteiger partial charge in [-0.1, -0.05) is 23.7 Å². The Labute approximate surface area is 369 Å². The number of aromatic carboxylic acids is 1. The van der Waals surface area contributed by atoms with Crippen molar-refractivity contribution in [1.82, 2.24) is 34.6 Å². The minimum absolute atomic E-state index is 0.0471. The van der Waals surface area contributed by atoms with Crippen LogP contribution in [0.1, 0.15) is 49.7 Å². The third kappa shape index (κ3) is 10.1. The van der Waals surface area contributed by atoms with Crippen LogP contribution in [-0.4, -0.2) is 137 Å². The number of halogens is 1. The van der Waals surface area contributed by atoms with Gasteiger partial charge in [-0.05, 0) is 104 Å². The van der Waals surface area contributed by atoms with Crippen LogP contribution in [0.3, 0.4) is 0 Å². The topological polar surface area (TPSA) is 261 Å². The lowest BCUT2D eigenvalue weighted by Crippen LogP contribution is -2.60. The maximum Gasteiger partial charge on any atom is 0.416 e. The molecule has 0 bridgehead atoms. The number of hydrogen-bond acceptors (Lipinski definition) is 12. The zero-order valence-corrected chi connectivity index (χ0v) is 35.5. The lowest BCUT2D eigenvalue weighted by atomic mass is 10.0. The van der Waals surface area contributed by atoms with Gasteiger partial charge in [0.25, 0.3) is 0 Å². The number of piperazine rings is 1. The van der Waals surface area contributed by atoms with Gasteiger partial charge in [0.2, 0.25) is 5.91 Å². The van der Waals surface area contributed by atoms with E-state index in [1.165, 1.54) is 40.2 Å². The van der Waals surface area contributed by atoms with Gasteiger partial charge in [-0.15, -0.1) is 5.10 Å². The number of piperidine rings is 1. The molecule has 7 rings (SSSR count). The summed E-state index contributed by atoms with van der Waals surface area (Å²) in [6, 6.07) is 15.0. The Morgan fingerprint density at radius 3 is 2.23 bits per heavy atom. The molecule has 0 aliphatic carbocycles. The molecule has 2 saturated heterocycles. The van der Waals surface area contributed by atoms with Crippen molar-refractivity contribution in [2.45, 2.75) is 57.8 Å². The average Bonchev–Trinajstić information content (AvgIpc) is 3.92. The Morgan fingerprint density at radius 2 is 1.58 bits per heavy atom. The summed E-state index contributed by atoms with van der Waals surface area (Å²) in [4.78, 5) is 95.3. The standard InChI is InChI=1S/C42H43ClN10O11/c1-42(2,3)64-35(54)22-63-29-12-14-49(15-13-29)40(60)46-27-7-4-24(5-8-27)18-33(36(55)45-28-9-11-30-25(19-28)20-34(39(58)59)53(30)41(61)62)51-17-16-50(37(56)38(51)57)32-21-26(43)6-10-31(32)52-23-44-47-48-52/h4-11,19-21,23,29,33H,12-18,22H2,1-3H3,(H,45,55)(H,46,60)(H,58,59)(H,61,62)/t33-/m0/s1. The number of nitrogens with one attached hydrogen (secondary N) is 2. The molecule has 2 aliphatic heterocycles. The largest absolute Gasteiger partial charge is 0.477 e. The zero-order chi connectivity index (χ0) is 45.9. The number of benzene rings is 3. The number of esters is 1. The quantitative estimate of drug-likeness (QED) is 0.101. The van der Waals surface area contributed by atoms with Crippen LogP contribution in [0.5, 0.6) is 0 Å². The third-order valence-corrected chi connectivity index (χ3v) is 10.7. The number of carbonyl (C=O) groups excluding carboxylic acids is 5. The van der Waals surface area contributed by atoms with Gasteiger partial charge in [-0.25, -0.2) is 23.7 Å². The predicted octanol–water partition coefficient (Wildman–Crippen LogP) is 4.27. The Kier molecular flexibility index (Phi) is 12.9. The van der Waals surface area contributed by atoms with Crippen molar-refractivity contribution < 1.29 is 53.2 Å². The molecule has 2 aromatic heterocycles. The number of aromatic nitrogens is 5. The Balaban J connectivity index is 1.07. The fourth-order valence-electron chi connectivity index (χ4n) is 7.51. The van der Waals surface area contributed by atoms with E-state index in [1.807, 2.05) is 0 Å². The van der Waals surface area contributed by atoms with Crippen molar-refractivity contribution in [3.63, 3.8) is 0 Å². The average molecular weight is 899 g/mol. The number of anilines is 3. The summed E-state index contributed by atoms with van der Waals surface area (Å²) in [6.07, 6.45) is 0.579. The summed E-state index contributed by atoms with van der Waals surface area (Å²) < 4.78 is 12.9. The maximum absolute atomic E-state index is 14.3. The summed E-state index contributed by atoms with van der Waals surface area (Å²) in [5.74, 6) is -4.56. The zero-order valence-electron chi connectivity index (χ0n) is 34.8. The number of carboxylic acid groups (broad SMARTS) is 2. The summed E-state index contributed by atoms with van der Waals surface area (Å²) in [7, 11) is 0. The van der Waals surface area contributed by atoms with Crippen LogP contribution in [0.2, 0.25) is 5.02 Å². The number of ether oxygens (including phenoxy) is 2. The van der Waals surface area contributed by atoms with Gasteiger partial charge in [0.1, 0.15) is 30.3 Å². The highest BCUT2D eigenvalue weighted by molar-refractivity contribution is 6.41. The molecule has 5 aromatic rings. The van der Waals surface area contributed by atoms with Gasteiger partial charge in [0.05, 0.1) is 23.0 Å². The van der Waals surface area contributed by atoms with E-state index in [-0.39, 0.29) is 65.6 Å². The lowest BCUT2D eigenvalue weighted by Gasteiger charge is -2.38. The molecule has 1 atom stereocenters. The SMILES string of the molecule is CC(C)(C)OC(=O)COC1CCN(C(=O)Nc2ccc(C[C@@H](C(=O)Nc3ccc4c(c3)cc(C(=O)O)n4C(=O)O)N3CCN(c4cc(Cl)ccc4-n4cnnn4)C(=O)C3=O)cc2)CC1. The van der Waals surface area contributed by atoms with E-state index in [2.05, 4.69) is 26.2 Å². The number of urea groups is 1. The van der Waals surface area contributed by atoms with Crippen LogP contribution in [-0.2, 0) is 35.1 Å². The van der Waals surface area contributed by atoms with E-state index in [9.17, 15) is 43.8 Å². The van der Waals surface area contributed by atoms with Gasteiger partial charge in [-0.2, -0.15) is 4.68 Å². The fourth-order valence-corrected chi connectivity index (χ4v) is 7.68. The highest BCUT2D eigenvalue weighted by Gasteiger charge is 2.41. The Morgan fingerprint density at radius 1 is 0.859 bits per heavy atom. The van der Waals surface area contributed by atoms with Crippen LogP contribution in [0.15, 0.2) is 73.1 Å². The molecule has 0 saturated carbocycles. The van der Waals surface area contributed by atoms with Crippen molar-refractivity contribution in [3.8, 4) is 5.69 Å². The Hall–Kier alpha value is -7.39. The van der Waals surface area contributed by atoms with Crippen LogP contribution in [0, 0.1) is 0 Å². The molecule has 22 heteroatoms. The number of amides is 5. The summed E-state index contributed by atoms with van der Waals surface area (Å²) >= 11 is 6.31. The molecule has 3 aromatic carbocycles. The maximum atomic E-state index is 14.3. The molecule has 0 unspecified atom stereocenters. The lowest BCUT2D eigenvalue weighted by molar-refractivity contribution is -0.163. The van der Waals surface area contributed by atoms with Crippen molar-refractivity contribution >= 4 is 81.4 Å². The van der Waals surface area contributed by atoms with E-state index in [1.54, 1.807) is 62.1 Å². The monoisotopic (exact) mass is 898 g/mol. The van der Waals surface area contributed by atoms with Crippen LogP contribution < -0.4 is 15.5 Å². The van der Waals surface area contributed by atoms with Gasteiger partial charge >= 0.3 is 35.9 Å². The van der Waals surface area contributed by atoms with E-state index in [4.69, 9.17) is 21.1 Å². The van der Waals surface area contributed by atoms with E-state index in [0.29, 0.717) is 47.4 Å². The molecule has 5 amide bonds. The second-order valence-electron chi connectivity index (χ2n) is 16.0. The molecular weight excluding hydrogens is 856 g/mol. The highest BCUT2D eigenvalue weighted by atomic mass is 35.5.